The smallest absolute Gasteiger partial charge is 0.444 e. The maximum absolute atomic E-state index is 18.3. The summed E-state index contributed by atoms with van der Waals surface area (Å²) in [6.07, 6.45) is -1.70. The van der Waals surface area contributed by atoms with E-state index in [9.17, 15) is 33.6 Å². The molecule has 4 fully saturated rings. The van der Waals surface area contributed by atoms with Crippen LogP contribution in [0, 0.1) is 22.7 Å². The lowest BCUT2D eigenvalue weighted by Gasteiger charge is -2.63. The topological polar surface area (TPSA) is 243 Å². The number of alkyl carbamates (subject to hydrolysis) is 1. The van der Waals surface area contributed by atoms with Crippen LogP contribution in [0.1, 0.15) is 138 Å². The zero-order valence-electron chi connectivity index (χ0n) is 47.5. The van der Waals surface area contributed by atoms with Crippen molar-refractivity contribution >= 4 is 64.8 Å². The molecule has 3 saturated carbocycles. The Morgan fingerprint density at radius 3 is 2.20 bits per heavy atom. The second-order valence-corrected chi connectivity index (χ2v) is 27.1. The Hall–Kier alpha value is -4.73. The van der Waals surface area contributed by atoms with E-state index in [1.165, 1.54) is 19.1 Å². The molecule has 0 radical (unpaired) electrons. The molecule has 4 aliphatic carbocycles. The van der Waals surface area contributed by atoms with Crippen LogP contribution >= 0.6 is 23.8 Å². The normalized spacial score (nSPS) is 29.5. The van der Waals surface area contributed by atoms with Crippen molar-refractivity contribution in [3.05, 3.63) is 89.0 Å². The van der Waals surface area contributed by atoms with Crippen LogP contribution in [0.5, 0.6) is 0 Å². The van der Waals surface area contributed by atoms with Gasteiger partial charge in [-0.15, -0.1) is 0 Å². The molecule has 5 aliphatic rings. The van der Waals surface area contributed by atoms with Gasteiger partial charge in [0.2, 0.25) is 17.7 Å². The van der Waals surface area contributed by atoms with Gasteiger partial charge in [-0.2, -0.15) is 0 Å². The molecule has 80 heavy (non-hydrogen) atoms. The number of rotatable bonds is 20. The van der Waals surface area contributed by atoms with Crippen molar-refractivity contribution in [3.63, 3.8) is 0 Å². The lowest BCUT2D eigenvalue weighted by molar-refractivity contribution is -0.235. The zero-order chi connectivity index (χ0) is 59.0. The largest absolute Gasteiger partial charge is 0.476 e. The molecule has 22 heteroatoms. The summed E-state index contributed by atoms with van der Waals surface area (Å²) in [5, 5.41) is 23.0. The van der Waals surface area contributed by atoms with Gasteiger partial charge in [-0.3, -0.25) is 37.5 Å². The predicted octanol–water partition coefficient (Wildman–Crippen LogP) is 9.31. The van der Waals surface area contributed by atoms with Crippen LogP contribution in [-0.2, 0) is 62.7 Å². The van der Waals surface area contributed by atoms with Crippen molar-refractivity contribution in [2.45, 2.75) is 180 Å². The summed E-state index contributed by atoms with van der Waals surface area (Å²) < 4.78 is 85.5. The first-order chi connectivity index (χ1) is 37.1. The Kier molecular flexibility index (Phi) is 18.7. The summed E-state index contributed by atoms with van der Waals surface area (Å²) in [4.78, 5) is 78.3. The molecule has 1 heterocycles. The number of benzene rings is 2. The molecular weight excluding hydrogens is 1130 g/mol. The monoisotopic (exact) mass is 1200 g/mol. The van der Waals surface area contributed by atoms with Gasteiger partial charge in [-0.05, 0) is 161 Å². The molecule has 7 rings (SSSR count). The van der Waals surface area contributed by atoms with Crippen LogP contribution in [0.2, 0.25) is 0 Å². The minimum Gasteiger partial charge on any atom is -0.444 e. The van der Waals surface area contributed by atoms with Crippen molar-refractivity contribution in [1.29, 1.82) is 0 Å². The average Bonchev–Trinajstić information content (AvgIpc) is 4.02. The number of aliphatic hydroxyl groups is 1. The van der Waals surface area contributed by atoms with E-state index in [0.29, 0.717) is 30.5 Å². The summed E-state index contributed by atoms with van der Waals surface area (Å²) in [6, 6.07) is 13.5. The third kappa shape index (κ3) is 13.7. The van der Waals surface area contributed by atoms with E-state index in [1.54, 1.807) is 99.6 Å². The number of aliphatic hydroxyl groups excluding tert-OH is 1. The number of hydrogen-bond acceptors (Lipinski definition) is 14. The van der Waals surface area contributed by atoms with Gasteiger partial charge < -0.3 is 40.6 Å². The third-order valence-corrected chi connectivity index (χ3v) is 18.1. The molecule has 11 atom stereocenters. The van der Waals surface area contributed by atoms with E-state index in [1.807, 2.05) is 18.2 Å². The number of ether oxygens (including phenoxy) is 3. The minimum absolute atomic E-state index is 0.000213. The van der Waals surface area contributed by atoms with Gasteiger partial charge in [-0.25, -0.2) is 18.1 Å². The van der Waals surface area contributed by atoms with E-state index in [2.05, 4.69) is 37.2 Å². The number of phosphoric acid groups is 1. The number of carbonyl (C=O) groups excluding carboxylic acids is 6. The van der Waals surface area contributed by atoms with Crippen molar-refractivity contribution in [2.75, 3.05) is 30.3 Å². The molecule has 0 bridgehead atoms. The third-order valence-electron chi connectivity index (χ3n) is 15.6. The lowest BCUT2D eigenvalue weighted by Crippen LogP contribution is -2.70. The molecule has 1 aliphatic heterocycles. The molecule has 440 valence electrons. The molecule has 2 aromatic rings. The molecule has 18 nitrogen and oxygen atoms in total. The number of alkyl halides is 3. The Morgan fingerprint density at radius 1 is 0.887 bits per heavy atom. The highest BCUT2D eigenvalue weighted by Gasteiger charge is 2.80. The second-order valence-electron chi connectivity index (χ2n) is 25.0. The summed E-state index contributed by atoms with van der Waals surface area (Å²) >= 11 is 3.05. The van der Waals surface area contributed by atoms with Crippen LogP contribution < -0.4 is 21.3 Å². The number of allylic oxidation sites excluding steroid dienone is 4. The zero-order valence-corrected chi connectivity index (χ0v) is 50.0. The van der Waals surface area contributed by atoms with E-state index < -0.39 is 131 Å². The number of ketones is 2. The number of amides is 4. The maximum Gasteiger partial charge on any atom is 0.476 e. The number of fused-ring (bicyclic) bond motifs is 7. The number of anilines is 1. The highest BCUT2D eigenvalue weighted by atomic mass is 79.9. The lowest BCUT2D eigenvalue weighted by atomic mass is 9.44. The van der Waals surface area contributed by atoms with Gasteiger partial charge in [0.05, 0.1) is 35.3 Å². The van der Waals surface area contributed by atoms with Crippen LogP contribution in [0.15, 0.2) is 72.3 Å². The number of phosphoric ester groups is 1. The molecule has 1 unspecified atom stereocenters. The van der Waals surface area contributed by atoms with Gasteiger partial charge in [0, 0.05) is 34.5 Å². The van der Waals surface area contributed by atoms with Gasteiger partial charge >= 0.3 is 13.9 Å². The first-order valence-corrected chi connectivity index (χ1v) is 29.8. The van der Waals surface area contributed by atoms with Crippen molar-refractivity contribution < 1.29 is 75.0 Å². The van der Waals surface area contributed by atoms with Gasteiger partial charge in [-0.1, -0.05) is 65.3 Å². The average molecular weight is 1200 g/mol. The summed E-state index contributed by atoms with van der Waals surface area (Å²) in [7, 11) is -4.47. The summed E-state index contributed by atoms with van der Waals surface area (Å²) in [6.45, 7) is 17.5. The van der Waals surface area contributed by atoms with Crippen molar-refractivity contribution in [1.82, 2.24) is 16.0 Å². The fraction of sp³-hybridized carbons (Fsp3) is 0.621. The van der Waals surface area contributed by atoms with Crippen molar-refractivity contribution in [2.24, 2.45) is 22.7 Å². The first-order valence-electron chi connectivity index (χ1n) is 27.2. The quantitative estimate of drug-likeness (QED) is 0.0472. The molecule has 2 aromatic carbocycles. The van der Waals surface area contributed by atoms with E-state index in [-0.39, 0.29) is 49.7 Å². The first kappa shape index (κ1) is 62.9. The highest BCUT2D eigenvalue weighted by molar-refractivity contribution is 9.09. The Balaban J connectivity index is 1.09. The standard InChI is InChI=1S/C58H78BrF2N4O14P/c1-52(2,3)77-51(72)62-24-13-12-17-43(65-48(70)32-63-47(69)31-59)49(71)64-37-16-14-15-35(26-37)25-34-18-20-36(21-19-34)50-75-46-29-39-40-28-42(60)41-27-38(66)22-23-55(41,10)57(40,61)44(67)30-56(39,11)58(46,76-50)45(68)33-74-80(73,78-53(4,5)6)79-54(7,8)9/h14-16,18-23,26-27,39-40,42-44,46,50,67H,12-13,17,24-25,28-33H2,1-11H3,(H,62,72)(H,63,69)(H,64,71)(H,65,70)/t39-,40-,42-,43-,44?,46+,50+,55-,56-,57-,58+/m0/s1. The number of unbranched alkanes of at least 4 members (excludes halogenated alkanes) is 1. The number of carbonyl (C=O) groups is 6. The number of Topliss-reactive ketones (excluding diaryl/α,β-unsaturated/α-hetero) is 1. The number of hydrogen-bond donors (Lipinski definition) is 5. The number of nitrogens with one attached hydrogen (secondary N) is 4. The SMILES string of the molecule is CC(C)(C)OC(=O)NCCCC[C@H](NC(=O)CNC(=O)CBr)C(=O)Nc1cccc(Cc2ccc([C@@H]3O[C@@H]4C[C@H]5[C@@H]6C[C@H](F)C7=CC(=O)C=C[C@]7(C)[C@@]6(F)C(O)C[C@]5(C)[C@]4(C(=O)COP(=O)(OC(C)(C)C)OC(C)(C)C)O3)cc2)c1. The molecule has 5 N–H and O–H groups in total. The van der Waals surface area contributed by atoms with Crippen LogP contribution in [0.25, 0.3) is 0 Å². The molecule has 0 aromatic heterocycles. The Labute approximate surface area is 475 Å². The van der Waals surface area contributed by atoms with Crippen LogP contribution in [0.3, 0.4) is 0 Å². The van der Waals surface area contributed by atoms with E-state index in [4.69, 9.17) is 27.8 Å². The fourth-order valence-corrected chi connectivity index (χ4v) is 14.3. The Morgan fingerprint density at radius 2 is 1.56 bits per heavy atom. The summed E-state index contributed by atoms with van der Waals surface area (Å²) in [5.41, 5.74) is -7.60. The van der Waals surface area contributed by atoms with E-state index >= 15 is 13.6 Å². The van der Waals surface area contributed by atoms with Gasteiger partial charge in [0.15, 0.2) is 29.1 Å². The maximum atomic E-state index is 18.3. The summed E-state index contributed by atoms with van der Waals surface area (Å²) in [5.74, 6) is -4.58. The highest BCUT2D eigenvalue weighted by Crippen LogP contribution is 2.73. The number of halogens is 3. The second kappa shape index (κ2) is 23.9. The molecule has 1 saturated heterocycles. The van der Waals surface area contributed by atoms with Crippen LogP contribution in [-0.4, -0.2) is 118 Å². The predicted molar refractivity (Wildman–Crippen MR) is 297 cm³/mol. The Bertz CT molecular complexity index is 2780. The fourth-order valence-electron chi connectivity index (χ4n) is 12.3. The molecule has 0 spiro atoms. The molecular formula is C58H78BrF2N4O14P. The van der Waals surface area contributed by atoms with Crippen LogP contribution in [0.4, 0.5) is 19.3 Å². The van der Waals surface area contributed by atoms with E-state index in [0.717, 1.165) is 17.2 Å². The minimum atomic E-state index is -4.47. The van der Waals surface area contributed by atoms with Crippen molar-refractivity contribution in [3.8, 4) is 0 Å². The van der Waals surface area contributed by atoms with Gasteiger partial charge in [0.1, 0.15) is 24.4 Å². The van der Waals surface area contributed by atoms with Gasteiger partial charge in [0.25, 0.3) is 0 Å². The molecule has 4 amide bonds.